The second kappa shape index (κ2) is 6.20. The summed E-state index contributed by atoms with van der Waals surface area (Å²) in [7, 11) is -2.95. The van der Waals surface area contributed by atoms with E-state index in [4.69, 9.17) is 14.6 Å². The van der Waals surface area contributed by atoms with Gasteiger partial charge in [0.25, 0.3) is 10.0 Å². The van der Waals surface area contributed by atoms with Crippen LogP contribution in [0.3, 0.4) is 0 Å². The first-order valence-corrected chi connectivity index (χ1v) is 8.51. The normalized spacial score (nSPS) is 13.8. The molecule has 0 amide bonds. The molecule has 1 N–H and O–H groups in total. The number of rotatable bonds is 4. The summed E-state index contributed by atoms with van der Waals surface area (Å²) in [6.07, 6.45) is 1.06. The van der Waals surface area contributed by atoms with Crippen molar-refractivity contribution in [3.63, 3.8) is 0 Å². The first kappa shape index (κ1) is 17.0. The molecule has 25 heavy (non-hydrogen) atoms. The number of carboxylic acid groups (broad SMARTS) is 1. The molecule has 2 heterocycles. The molecular weight excluding hydrogens is 355 g/mol. The third kappa shape index (κ3) is 2.95. The van der Waals surface area contributed by atoms with Crippen LogP contribution in [0, 0.1) is 5.82 Å². The van der Waals surface area contributed by atoms with Gasteiger partial charge in [-0.1, -0.05) is 0 Å². The summed E-state index contributed by atoms with van der Waals surface area (Å²) in [4.78, 5) is 14.4. The quantitative estimate of drug-likeness (QED) is 0.872. The lowest BCUT2D eigenvalue weighted by Crippen LogP contribution is -2.38. The fourth-order valence-corrected chi connectivity index (χ4v) is 3.87. The number of halogens is 1. The largest absolute Gasteiger partial charge is 0.497 e. The molecule has 3 rings (SSSR count). The summed E-state index contributed by atoms with van der Waals surface area (Å²) in [5.41, 5.74) is -0.263. The SMILES string of the molecule is COc1ccc(S(=O)(=O)N2CCOc3ncc(C(=O)O)cc32)c(F)c1. The van der Waals surface area contributed by atoms with E-state index < -0.39 is 26.7 Å². The molecule has 0 fully saturated rings. The molecule has 0 aliphatic carbocycles. The Kier molecular flexibility index (Phi) is 4.21. The molecule has 1 aromatic carbocycles. The zero-order valence-electron chi connectivity index (χ0n) is 13.0. The Bertz CT molecular complexity index is 947. The molecule has 0 atom stereocenters. The molecular formula is C15H13FN2O6S. The maximum atomic E-state index is 14.2. The van der Waals surface area contributed by atoms with E-state index in [9.17, 15) is 17.6 Å². The third-order valence-corrected chi connectivity index (χ3v) is 5.43. The second-order valence-electron chi connectivity index (χ2n) is 5.08. The fourth-order valence-electron chi connectivity index (χ4n) is 2.38. The number of fused-ring (bicyclic) bond motifs is 1. The summed E-state index contributed by atoms with van der Waals surface area (Å²) < 4.78 is 51.0. The zero-order valence-corrected chi connectivity index (χ0v) is 13.8. The van der Waals surface area contributed by atoms with Gasteiger partial charge in [-0.05, 0) is 18.2 Å². The Morgan fingerprint density at radius 1 is 1.40 bits per heavy atom. The van der Waals surface area contributed by atoms with Crippen molar-refractivity contribution >= 4 is 21.7 Å². The fraction of sp³-hybridized carbons (Fsp3) is 0.200. The number of ether oxygens (including phenoxy) is 2. The van der Waals surface area contributed by atoms with Gasteiger partial charge in [-0.25, -0.2) is 22.6 Å². The number of aromatic carboxylic acids is 1. The average molecular weight is 368 g/mol. The van der Waals surface area contributed by atoms with Crippen LogP contribution in [0.15, 0.2) is 35.4 Å². The summed E-state index contributed by atoms with van der Waals surface area (Å²) >= 11 is 0. The van der Waals surface area contributed by atoms with E-state index in [0.29, 0.717) is 0 Å². The summed E-state index contributed by atoms with van der Waals surface area (Å²) in [6, 6.07) is 4.50. The molecule has 8 nitrogen and oxygen atoms in total. The number of hydrogen-bond donors (Lipinski definition) is 1. The lowest BCUT2D eigenvalue weighted by molar-refractivity contribution is 0.0696. The zero-order chi connectivity index (χ0) is 18.2. The predicted molar refractivity (Wildman–Crippen MR) is 84.2 cm³/mol. The smallest absolute Gasteiger partial charge is 0.337 e. The van der Waals surface area contributed by atoms with Crippen LogP contribution in [-0.4, -0.2) is 44.7 Å². The van der Waals surface area contributed by atoms with Crippen molar-refractivity contribution < 1.29 is 32.2 Å². The number of hydrogen-bond acceptors (Lipinski definition) is 6. The van der Waals surface area contributed by atoms with Gasteiger partial charge in [0.2, 0.25) is 5.88 Å². The number of aromatic nitrogens is 1. The molecule has 10 heteroatoms. The highest BCUT2D eigenvalue weighted by atomic mass is 32.2. The van der Waals surface area contributed by atoms with Crippen molar-refractivity contribution in [1.82, 2.24) is 4.98 Å². The van der Waals surface area contributed by atoms with Crippen LogP contribution in [0.25, 0.3) is 0 Å². The minimum Gasteiger partial charge on any atom is -0.497 e. The van der Waals surface area contributed by atoms with Gasteiger partial charge in [-0.2, -0.15) is 0 Å². The summed E-state index contributed by atoms with van der Waals surface area (Å²) in [5.74, 6) is -2.11. The molecule has 1 aromatic heterocycles. The van der Waals surface area contributed by atoms with Crippen LogP contribution in [0.5, 0.6) is 11.6 Å². The summed E-state index contributed by atoms with van der Waals surface area (Å²) in [6.45, 7) is -0.102. The van der Waals surface area contributed by atoms with E-state index in [1.165, 1.54) is 13.2 Å². The Hall–Kier alpha value is -2.88. The second-order valence-corrected chi connectivity index (χ2v) is 6.91. The van der Waals surface area contributed by atoms with E-state index in [2.05, 4.69) is 4.98 Å². The Morgan fingerprint density at radius 2 is 2.16 bits per heavy atom. The van der Waals surface area contributed by atoms with Crippen molar-refractivity contribution in [1.29, 1.82) is 0 Å². The van der Waals surface area contributed by atoms with Gasteiger partial charge in [0.15, 0.2) is 0 Å². The minimum absolute atomic E-state index is 0.00339. The highest BCUT2D eigenvalue weighted by Gasteiger charge is 2.33. The number of sulfonamides is 1. The predicted octanol–water partition coefficient (Wildman–Crippen LogP) is 1.52. The van der Waals surface area contributed by atoms with Gasteiger partial charge >= 0.3 is 5.97 Å². The average Bonchev–Trinajstić information content (AvgIpc) is 2.60. The van der Waals surface area contributed by atoms with Crippen LogP contribution in [0.2, 0.25) is 0 Å². The van der Waals surface area contributed by atoms with Crippen molar-refractivity contribution in [2.45, 2.75) is 4.90 Å². The molecule has 2 aromatic rings. The van der Waals surface area contributed by atoms with Gasteiger partial charge in [-0.15, -0.1) is 0 Å². The van der Waals surface area contributed by atoms with E-state index in [1.807, 2.05) is 0 Å². The van der Waals surface area contributed by atoms with Crippen molar-refractivity contribution in [2.75, 3.05) is 24.6 Å². The van der Waals surface area contributed by atoms with Gasteiger partial charge < -0.3 is 14.6 Å². The van der Waals surface area contributed by atoms with Crippen molar-refractivity contribution in [3.8, 4) is 11.6 Å². The maximum Gasteiger partial charge on any atom is 0.337 e. The molecule has 132 valence electrons. The topological polar surface area (TPSA) is 106 Å². The van der Waals surface area contributed by atoms with E-state index in [0.717, 1.165) is 28.7 Å². The molecule has 0 unspecified atom stereocenters. The standard InChI is InChI=1S/C15H13FN2O6S/c1-23-10-2-3-13(11(16)7-10)25(21,22)18-4-5-24-14-12(18)6-9(8-17-14)15(19)20/h2-3,6-8H,4-5H2,1H3,(H,19,20). The van der Waals surface area contributed by atoms with Gasteiger partial charge in [-0.3, -0.25) is 4.31 Å². The van der Waals surface area contributed by atoms with Crippen LogP contribution >= 0.6 is 0 Å². The molecule has 0 radical (unpaired) electrons. The molecule has 1 aliphatic heterocycles. The van der Waals surface area contributed by atoms with Crippen molar-refractivity contribution in [2.24, 2.45) is 0 Å². The van der Waals surface area contributed by atoms with Gasteiger partial charge in [0.05, 0.1) is 19.2 Å². The van der Waals surface area contributed by atoms with E-state index in [1.54, 1.807) is 0 Å². The van der Waals surface area contributed by atoms with Crippen LogP contribution in [-0.2, 0) is 10.0 Å². The molecule has 0 saturated heterocycles. The van der Waals surface area contributed by atoms with Crippen LogP contribution in [0.1, 0.15) is 10.4 Å². The summed E-state index contributed by atoms with van der Waals surface area (Å²) in [5, 5.41) is 9.07. The van der Waals surface area contributed by atoms with Crippen molar-refractivity contribution in [3.05, 3.63) is 41.8 Å². The van der Waals surface area contributed by atoms with E-state index >= 15 is 0 Å². The minimum atomic E-state index is -4.28. The Labute approximate surface area is 142 Å². The molecule has 1 aliphatic rings. The lowest BCUT2D eigenvalue weighted by Gasteiger charge is -2.29. The Morgan fingerprint density at radius 3 is 2.80 bits per heavy atom. The third-order valence-electron chi connectivity index (χ3n) is 3.59. The highest BCUT2D eigenvalue weighted by Crippen LogP contribution is 2.35. The number of carboxylic acids is 1. The van der Waals surface area contributed by atoms with E-state index in [-0.39, 0.29) is 36.0 Å². The maximum absolute atomic E-state index is 14.2. The van der Waals surface area contributed by atoms with Gasteiger partial charge in [0, 0.05) is 12.3 Å². The molecule has 0 saturated carbocycles. The number of pyridine rings is 1. The van der Waals surface area contributed by atoms with Crippen LogP contribution in [0.4, 0.5) is 10.1 Å². The lowest BCUT2D eigenvalue weighted by atomic mass is 10.2. The number of nitrogens with zero attached hydrogens (tertiary/aromatic N) is 2. The number of benzene rings is 1. The highest BCUT2D eigenvalue weighted by molar-refractivity contribution is 7.92. The first-order valence-electron chi connectivity index (χ1n) is 7.07. The monoisotopic (exact) mass is 368 g/mol. The number of anilines is 1. The number of carbonyl (C=O) groups is 1. The number of methoxy groups -OCH3 is 1. The molecule has 0 spiro atoms. The first-order chi connectivity index (χ1) is 11.8. The van der Waals surface area contributed by atoms with Gasteiger partial charge in [0.1, 0.15) is 28.8 Å². The van der Waals surface area contributed by atoms with Crippen LogP contribution < -0.4 is 13.8 Å². The Balaban J connectivity index is 2.11. The molecule has 0 bridgehead atoms.